The van der Waals surface area contributed by atoms with Crippen LogP contribution in [0.15, 0.2) is 52.0 Å². The summed E-state index contributed by atoms with van der Waals surface area (Å²) in [5, 5.41) is 9.93. The van der Waals surface area contributed by atoms with Crippen LogP contribution in [0.3, 0.4) is 0 Å². The van der Waals surface area contributed by atoms with E-state index in [0.29, 0.717) is 36.6 Å². The lowest BCUT2D eigenvalue weighted by molar-refractivity contribution is -0.120. The van der Waals surface area contributed by atoms with Crippen LogP contribution >= 0.6 is 0 Å². The standard InChI is InChI=1S/C30H36N6O4/c1-6-40-26-13-21-7-9-35-24(23(21)14-25(26)39-5)15-27(34-29-19(3)11-18(2)12-20(29)4)36(30(35)38)10-8-28(37)33-22(16-31)17-32/h11-17,31H,6-10,32H2,1-5H3,(H,33,37)/b22-17+,31-16?,34-27?. The minimum Gasteiger partial charge on any atom is -0.493 e. The van der Waals surface area contributed by atoms with Crippen molar-refractivity contribution in [3.63, 3.8) is 0 Å². The number of aryl methyl sites for hydroxylation is 4. The van der Waals surface area contributed by atoms with Gasteiger partial charge in [0, 0.05) is 43.6 Å². The number of amides is 1. The molecule has 2 heterocycles. The maximum Gasteiger partial charge on any atom is 0.330 e. The molecule has 1 aliphatic heterocycles. The fraction of sp³-hybridized carbons (Fsp3) is 0.333. The summed E-state index contributed by atoms with van der Waals surface area (Å²) < 4.78 is 14.6. The van der Waals surface area contributed by atoms with Crippen molar-refractivity contribution in [1.29, 1.82) is 5.41 Å². The van der Waals surface area contributed by atoms with Gasteiger partial charge in [-0.3, -0.25) is 13.9 Å². The molecule has 1 aliphatic rings. The molecule has 0 spiro atoms. The molecule has 10 heteroatoms. The summed E-state index contributed by atoms with van der Waals surface area (Å²) in [6.45, 7) is 9.04. The molecule has 0 atom stereocenters. The van der Waals surface area contributed by atoms with Crippen molar-refractivity contribution < 1.29 is 14.3 Å². The number of rotatable bonds is 9. The summed E-state index contributed by atoms with van der Waals surface area (Å²) in [7, 11) is 1.59. The normalized spacial score (nSPS) is 12.9. The van der Waals surface area contributed by atoms with Crippen LogP contribution < -0.4 is 31.7 Å². The third-order valence-electron chi connectivity index (χ3n) is 6.91. The molecular formula is C30H36N6O4. The smallest absolute Gasteiger partial charge is 0.330 e. The van der Waals surface area contributed by atoms with Crippen LogP contribution in [0.5, 0.6) is 11.5 Å². The molecule has 0 fully saturated rings. The van der Waals surface area contributed by atoms with Crippen LogP contribution in [-0.4, -0.2) is 35.0 Å². The Balaban J connectivity index is 1.91. The number of carbonyl (C=O) groups excluding carboxylic acids is 1. The second kappa shape index (κ2) is 12.1. The second-order valence-electron chi connectivity index (χ2n) is 9.74. The Morgan fingerprint density at radius 2 is 1.88 bits per heavy atom. The highest BCUT2D eigenvalue weighted by atomic mass is 16.5. The van der Waals surface area contributed by atoms with Gasteiger partial charge in [0.15, 0.2) is 11.5 Å². The number of nitrogens with zero attached hydrogens (tertiary/aromatic N) is 3. The van der Waals surface area contributed by atoms with Crippen LogP contribution in [0, 0.1) is 26.2 Å². The molecule has 2 aromatic carbocycles. The van der Waals surface area contributed by atoms with Gasteiger partial charge in [0.25, 0.3) is 0 Å². The Kier molecular flexibility index (Phi) is 8.57. The molecule has 4 rings (SSSR count). The number of methoxy groups -OCH3 is 1. The van der Waals surface area contributed by atoms with Gasteiger partial charge in [-0.1, -0.05) is 17.7 Å². The predicted octanol–water partition coefficient (Wildman–Crippen LogP) is 3.39. The number of aromatic nitrogens is 2. The minimum atomic E-state index is -0.359. The summed E-state index contributed by atoms with van der Waals surface area (Å²) in [5.74, 6) is 0.902. The molecule has 4 N–H and O–H groups in total. The molecule has 0 unspecified atom stereocenters. The van der Waals surface area contributed by atoms with Crippen molar-refractivity contribution >= 4 is 17.8 Å². The van der Waals surface area contributed by atoms with Gasteiger partial charge in [-0.25, -0.2) is 9.79 Å². The molecule has 1 aromatic heterocycles. The number of nitrogens with two attached hydrogens (primary N) is 1. The highest BCUT2D eigenvalue weighted by Crippen LogP contribution is 2.37. The molecule has 0 saturated heterocycles. The summed E-state index contributed by atoms with van der Waals surface area (Å²) in [6.07, 6.45) is 2.76. The Morgan fingerprint density at radius 1 is 1.15 bits per heavy atom. The zero-order valence-electron chi connectivity index (χ0n) is 23.6. The Hall–Kier alpha value is -4.60. The highest BCUT2D eigenvalue weighted by molar-refractivity contribution is 5.86. The summed E-state index contributed by atoms with van der Waals surface area (Å²) in [4.78, 5) is 31.5. The number of nitrogens with one attached hydrogen (secondary N) is 2. The average Bonchev–Trinajstić information content (AvgIpc) is 2.92. The first-order chi connectivity index (χ1) is 19.2. The van der Waals surface area contributed by atoms with Crippen LogP contribution in [-0.2, 0) is 24.3 Å². The van der Waals surface area contributed by atoms with Gasteiger partial charge in [0.05, 0.1) is 30.8 Å². The topological polar surface area (TPSA) is 137 Å². The van der Waals surface area contributed by atoms with E-state index < -0.39 is 0 Å². The third kappa shape index (κ3) is 5.70. The van der Waals surface area contributed by atoms with Gasteiger partial charge in [0.1, 0.15) is 5.49 Å². The van der Waals surface area contributed by atoms with E-state index in [-0.39, 0.29) is 30.3 Å². The van der Waals surface area contributed by atoms with E-state index >= 15 is 0 Å². The van der Waals surface area contributed by atoms with Gasteiger partial charge in [-0.2, -0.15) is 0 Å². The largest absolute Gasteiger partial charge is 0.493 e. The van der Waals surface area contributed by atoms with Gasteiger partial charge >= 0.3 is 5.69 Å². The molecule has 0 aliphatic carbocycles. The van der Waals surface area contributed by atoms with Gasteiger partial charge in [0.2, 0.25) is 5.91 Å². The summed E-state index contributed by atoms with van der Waals surface area (Å²) in [6, 6.07) is 9.91. The first-order valence-electron chi connectivity index (χ1n) is 13.2. The van der Waals surface area contributed by atoms with Gasteiger partial charge in [-0.05, 0) is 62.9 Å². The van der Waals surface area contributed by atoms with Crippen molar-refractivity contribution in [2.75, 3.05) is 13.7 Å². The van der Waals surface area contributed by atoms with Crippen molar-refractivity contribution in [2.24, 2.45) is 10.7 Å². The zero-order valence-corrected chi connectivity index (χ0v) is 23.6. The maximum atomic E-state index is 13.9. The molecule has 40 heavy (non-hydrogen) atoms. The number of hydrogen-bond donors (Lipinski definition) is 3. The minimum absolute atomic E-state index is 0.000934. The summed E-state index contributed by atoms with van der Waals surface area (Å²) in [5.41, 5.74) is 12.4. The molecule has 210 valence electrons. The van der Waals surface area contributed by atoms with Crippen LogP contribution in [0.25, 0.3) is 11.3 Å². The lowest BCUT2D eigenvalue weighted by Gasteiger charge is -2.25. The quantitative estimate of drug-likeness (QED) is 0.355. The van der Waals surface area contributed by atoms with Crippen molar-refractivity contribution in [1.82, 2.24) is 14.5 Å². The number of hydrogen-bond acceptors (Lipinski definition) is 7. The second-order valence-corrected chi connectivity index (χ2v) is 9.74. The number of ether oxygens (including phenoxy) is 2. The maximum absolute atomic E-state index is 13.9. The average molecular weight is 545 g/mol. The lowest BCUT2D eigenvalue weighted by Crippen LogP contribution is -2.43. The Morgan fingerprint density at radius 3 is 2.50 bits per heavy atom. The highest BCUT2D eigenvalue weighted by Gasteiger charge is 2.23. The SMILES string of the molecule is CCOc1cc2c(cc1OC)-c1cc(=Nc3c(C)cc(C)cc3C)n(CCC(=O)N/C(C=N)=C/N)c(=O)n1CC2. The summed E-state index contributed by atoms with van der Waals surface area (Å²) >= 11 is 0. The van der Waals surface area contributed by atoms with E-state index in [4.69, 9.17) is 25.6 Å². The first-order valence-corrected chi connectivity index (χ1v) is 13.2. The van der Waals surface area contributed by atoms with Crippen LogP contribution in [0.2, 0.25) is 0 Å². The number of fused-ring (bicyclic) bond motifs is 3. The predicted molar refractivity (Wildman–Crippen MR) is 155 cm³/mol. The molecule has 10 nitrogen and oxygen atoms in total. The van der Waals surface area contributed by atoms with Crippen molar-refractivity contribution in [2.45, 2.75) is 53.6 Å². The van der Waals surface area contributed by atoms with Crippen molar-refractivity contribution in [3.8, 4) is 22.8 Å². The van der Waals surface area contributed by atoms with E-state index in [1.165, 1.54) is 4.57 Å². The van der Waals surface area contributed by atoms with Gasteiger partial charge in [-0.15, -0.1) is 0 Å². The van der Waals surface area contributed by atoms with Crippen molar-refractivity contribution in [3.05, 3.63) is 80.5 Å². The molecule has 0 saturated carbocycles. The van der Waals surface area contributed by atoms with E-state index in [2.05, 4.69) is 17.4 Å². The fourth-order valence-electron chi connectivity index (χ4n) is 5.10. The molecule has 3 aromatic rings. The molecule has 0 radical (unpaired) electrons. The number of benzene rings is 2. The Bertz CT molecular complexity index is 1610. The van der Waals surface area contributed by atoms with E-state index in [9.17, 15) is 9.59 Å². The van der Waals surface area contributed by atoms with E-state index in [1.807, 2.05) is 45.9 Å². The number of allylic oxidation sites excluding steroid dienone is 1. The monoisotopic (exact) mass is 544 g/mol. The molecule has 0 bridgehead atoms. The fourth-order valence-corrected chi connectivity index (χ4v) is 5.10. The first kappa shape index (κ1) is 28.4. The van der Waals surface area contributed by atoms with Gasteiger partial charge < -0.3 is 25.9 Å². The zero-order chi connectivity index (χ0) is 29.0. The van der Waals surface area contributed by atoms with E-state index in [1.54, 1.807) is 11.7 Å². The molecular weight excluding hydrogens is 508 g/mol. The lowest BCUT2D eigenvalue weighted by atomic mass is 9.97. The number of carbonyl (C=O) groups is 1. The van der Waals surface area contributed by atoms with Crippen LogP contribution in [0.4, 0.5) is 5.69 Å². The van der Waals surface area contributed by atoms with E-state index in [0.717, 1.165) is 51.6 Å². The van der Waals surface area contributed by atoms with Crippen LogP contribution in [0.1, 0.15) is 35.6 Å². The Labute approximate surface area is 233 Å². The third-order valence-corrected chi connectivity index (χ3v) is 6.91. The molecule has 1 amide bonds.